The molecule has 1 heterocycles. The number of aromatic hydroxyl groups is 1. The van der Waals surface area contributed by atoms with Crippen molar-refractivity contribution < 1.29 is 18.3 Å². The zero-order chi connectivity index (χ0) is 18.0. The molecule has 3 N–H and O–H groups in total. The highest BCUT2D eigenvalue weighted by molar-refractivity contribution is 7.89. The molecule has 0 fully saturated rings. The highest BCUT2D eigenvalue weighted by atomic mass is 32.2. The van der Waals surface area contributed by atoms with Crippen LogP contribution in [-0.4, -0.2) is 30.0 Å². The van der Waals surface area contributed by atoms with Gasteiger partial charge in [-0.25, -0.2) is 18.1 Å². The van der Waals surface area contributed by atoms with Crippen LogP contribution in [0.5, 0.6) is 5.75 Å². The number of rotatable bonds is 4. The van der Waals surface area contributed by atoms with Crippen LogP contribution in [0.3, 0.4) is 0 Å². The Morgan fingerprint density at radius 3 is 2.29 bits per heavy atom. The van der Waals surface area contributed by atoms with E-state index in [0.717, 1.165) is 0 Å². The molecule has 0 atom stereocenters. The standard InChI is InChI=1S/C16H19N3O4S/c1-16(2,3)19-24(22,23)12-8-6-11(7-9-12)15(21)18-14-13(20)5-4-10-17-14/h4-10,19-20H,1-3H3,(H,17,18,21). The van der Waals surface area contributed by atoms with E-state index in [2.05, 4.69) is 15.0 Å². The minimum atomic E-state index is -3.66. The summed E-state index contributed by atoms with van der Waals surface area (Å²) >= 11 is 0. The van der Waals surface area contributed by atoms with Gasteiger partial charge in [-0.2, -0.15) is 0 Å². The Kier molecular flexibility index (Phi) is 4.91. The number of hydrogen-bond acceptors (Lipinski definition) is 5. The molecule has 0 bridgehead atoms. The number of sulfonamides is 1. The van der Waals surface area contributed by atoms with Crippen molar-refractivity contribution in [2.45, 2.75) is 31.2 Å². The molecule has 128 valence electrons. The van der Waals surface area contributed by atoms with E-state index in [-0.39, 0.29) is 22.0 Å². The van der Waals surface area contributed by atoms with Crippen molar-refractivity contribution in [1.29, 1.82) is 0 Å². The summed E-state index contributed by atoms with van der Waals surface area (Å²) in [6.45, 7) is 5.23. The third-order valence-electron chi connectivity index (χ3n) is 2.89. The summed E-state index contributed by atoms with van der Waals surface area (Å²) in [5.41, 5.74) is -0.361. The van der Waals surface area contributed by atoms with Crippen LogP contribution >= 0.6 is 0 Å². The van der Waals surface area contributed by atoms with E-state index in [4.69, 9.17) is 0 Å². The average Bonchev–Trinajstić information content (AvgIpc) is 2.47. The smallest absolute Gasteiger partial charge is 0.256 e. The van der Waals surface area contributed by atoms with Crippen LogP contribution in [0.2, 0.25) is 0 Å². The number of nitrogens with one attached hydrogen (secondary N) is 2. The predicted molar refractivity (Wildman–Crippen MR) is 90.4 cm³/mol. The second-order valence-corrected chi connectivity index (χ2v) is 7.89. The van der Waals surface area contributed by atoms with Gasteiger partial charge in [-0.15, -0.1) is 0 Å². The molecule has 0 spiro atoms. The minimum Gasteiger partial charge on any atom is -0.504 e. The molecule has 2 rings (SSSR count). The Morgan fingerprint density at radius 1 is 1.12 bits per heavy atom. The number of pyridine rings is 1. The molecule has 8 heteroatoms. The van der Waals surface area contributed by atoms with Gasteiger partial charge in [-0.3, -0.25) is 4.79 Å². The summed E-state index contributed by atoms with van der Waals surface area (Å²) in [7, 11) is -3.66. The Balaban J connectivity index is 2.17. The fourth-order valence-corrected chi connectivity index (χ4v) is 3.34. The topological polar surface area (TPSA) is 108 Å². The maximum absolute atomic E-state index is 12.2. The molecule has 0 saturated carbocycles. The normalized spacial score (nSPS) is 12.0. The van der Waals surface area contributed by atoms with Gasteiger partial charge >= 0.3 is 0 Å². The van der Waals surface area contributed by atoms with E-state index in [1.54, 1.807) is 20.8 Å². The average molecular weight is 349 g/mol. The van der Waals surface area contributed by atoms with Gasteiger partial charge in [0.2, 0.25) is 10.0 Å². The minimum absolute atomic E-state index is 0.0357. The van der Waals surface area contributed by atoms with Crippen molar-refractivity contribution in [3.05, 3.63) is 48.2 Å². The lowest BCUT2D eigenvalue weighted by Gasteiger charge is -2.20. The summed E-state index contributed by atoms with van der Waals surface area (Å²) in [6, 6.07) is 8.42. The van der Waals surface area contributed by atoms with Gasteiger partial charge < -0.3 is 10.4 Å². The fourth-order valence-electron chi connectivity index (χ4n) is 1.92. The number of hydrogen-bond donors (Lipinski definition) is 3. The molecule has 2 aromatic rings. The number of nitrogens with zero attached hydrogens (tertiary/aromatic N) is 1. The Bertz CT molecular complexity index is 840. The van der Waals surface area contributed by atoms with Crippen LogP contribution in [0.25, 0.3) is 0 Å². The quantitative estimate of drug-likeness (QED) is 0.783. The molecular formula is C16H19N3O4S. The molecular weight excluding hydrogens is 330 g/mol. The number of aromatic nitrogens is 1. The van der Waals surface area contributed by atoms with Crippen LogP contribution in [0.4, 0.5) is 5.82 Å². The lowest BCUT2D eigenvalue weighted by atomic mass is 10.1. The zero-order valence-electron chi connectivity index (χ0n) is 13.6. The lowest BCUT2D eigenvalue weighted by molar-refractivity contribution is 0.102. The van der Waals surface area contributed by atoms with Gasteiger partial charge in [0.15, 0.2) is 11.6 Å². The van der Waals surface area contributed by atoms with Crippen molar-refractivity contribution in [3.63, 3.8) is 0 Å². The van der Waals surface area contributed by atoms with E-state index in [1.807, 2.05) is 0 Å². The summed E-state index contributed by atoms with van der Waals surface area (Å²) in [4.78, 5) is 16.0. The van der Waals surface area contributed by atoms with Crippen molar-refractivity contribution in [3.8, 4) is 5.75 Å². The maximum atomic E-state index is 12.2. The summed E-state index contributed by atoms with van der Waals surface area (Å²) in [5, 5.41) is 12.1. The van der Waals surface area contributed by atoms with Gasteiger partial charge in [0.1, 0.15) is 0 Å². The van der Waals surface area contributed by atoms with Crippen LogP contribution in [0.15, 0.2) is 47.5 Å². The molecule has 1 aromatic carbocycles. The first kappa shape index (κ1) is 17.9. The summed E-state index contributed by atoms with van der Waals surface area (Å²) in [5.74, 6) is -0.621. The zero-order valence-corrected chi connectivity index (χ0v) is 14.4. The molecule has 7 nitrogen and oxygen atoms in total. The second-order valence-electron chi connectivity index (χ2n) is 6.21. The maximum Gasteiger partial charge on any atom is 0.256 e. The Morgan fingerprint density at radius 2 is 1.75 bits per heavy atom. The summed E-state index contributed by atoms with van der Waals surface area (Å²) < 4.78 is 27.0. The van der Waals surface area contributed by atoms with Gasteiger partial charge in [0, 0.05) is 17.3 Å². The third-order valence-corrected chi connectivity index (χ3v) is 4.66. The van der Waals surface area contributed by atoms with Crippen molar-refractivity contribution >= 4 is 21.7 Å². The van der Waals surface area contributed by atoms with E-state index in [1.165, 1.54) is 42.6 Å². The molecule has 0 saturated heterocycles. The van der Waals surface area contributed by atoms with Crippen LogP contribution in [-0.2, 0) is 10.0 Å². The molecule has 0 radical (unpaired) electrons. The lowest BCUT2D eigenvalue weighted by Crippen LogP contribution is -2.40. The number of carbonyl (C=O) groups is 1. The molecule has 0 aliphatic heterocycles. The Hall–Kier alpha value is -2.45. The van der Waals surface area contributed by atoms with Crippen molar-refractivity contribution in [2.24, 2.45) is 0 Å². The molecule has 1 aromatic heterocycles. The number of amides is 1. The molecule has 24 heavy (non-hydrogen) atoms. The second kappa shape index (κ2) is 6.58. The van der Waals surface area contributed by atoms with E-state index in [9.17, 15) is 18.3 Å². The Labute approximate surface area is 140 Å². The van der Waals surface area contributed by atoms with Crippen molar-refractivity contribution in [2.75, 3.05) is 5.32 Å². The first-order valence-corrected chi connectivity index (χ1v) is 8.66. The SMILES string of the molecule is CC(C)(C)NS(=O)(=O)c1ccc(C(=O)Nc2ncccc2O)cc1. The van der Waals surface area contributed by atoms with Crippen LogP contribution < -0.4 is 10.0 Å². The van der Waals surface area contributed by atoms with Gasteiger partial charge in [-0.05, 0) is 57.2 Å². The molecule has 1 amide bonds. The van der Waals surface area contributed by atoms with Gasteiger partial charge in [0.25, 0.3) is 5.91 Å². The van der Waals surface area contributed by atoms with Crippen LogP contribution in [0.1, 0.15) is 31.1 Å². The van der Waals surface area contributed by atoms with E-state index >= 15 is 0 Å². The van der Waals surface area contributed by atoms with Crippen LogP contribution in [0, 0.1) is 0 Å². The molecule has 0 unspecified atom stereocenters. The third kappa shape index (κ3) is 4.53. The number of anilines is 1. The number of carbonyl (C=O) groups excluding carboxylic acids is 1. The molecule has 0 aliphatic carbocycles. The highest BCUT2D eigenvalue weighted by Gasteiger charge is 2.22. The fraction of sp³-hybridized carbons (Fsp3) is 0.250. The van der Waals surface area contributed by atoms with Crippen molar-refractivity contribution in [1.82, 2.24) is 9.71 Å². The molecule has 0 aliphatic rings. The first-order valence-electron chi connectivity index (χ1n) is 7.18. The predicted octanol–water partition coefficient (Wildman–Crippen LogP) is 2.12. The monoisotopic (exact) mass is 349 g/mol. The van der Waals surface area contributed by atoms with E-state index in [0.29, 0.717) is 0 Å². The van der Waals surface area contributed by atoms with Gasteiger partial charge in [0.05, 0.1) is 4.90 Å². The highest BCUT2D eigenvalue weighted by Crippen LogP contribution is 2.20. The number of benzene rings is 1. The van der Waals surface area contributed by atoms with Gasteiger partial charge in [-0.1, -0.05) is 0 Å². The van der Waals surface area contributed by atoms with E-state index < -0.39 is 21.5 Å². The largest absolute Gasteiger partial charge is 0.504 e. The first-order chi connectivity index (χ1) is 11.1. The summed E-state index contributed by atoms with van der Waals surface area (Å²) in [6.07, 6.45) is 1.43.